The van der Waals surface area contributed by atoms with Crippen LogP contribution in [-0.2, 0) is 18.9 Å². The van der Waals surface area contributed by atoms with Crippen molar-refractivity contribution in [2.45, 2.75) is 52.0 Å². The maximum absolute atomic E-state index is 6.14. The molecule has 0 fully saturated rings. The molecule has 0 saturated heterocycles. The van der Waals surface area contributed by atoms with Crippen molar-refractivity contribution in [3.05, 3.63) is 0 Å². The summed E-state index contributed by atoms with van der Waals surface area (Å²) in [6.45, 7) is 11.4. The van der Waals surface area contributed by atoms with E-state index in [2.05, 4.69) is 20.8 Å². The van der Waals surface area contributed by atoms with Crippen molar-refractivity contribution in [2.24, 2.45) is 5.73 Å². The van der Waals surface area contributed by atoms with Crippen LogP contribution in [0.4, 0.5) is 0 Å². The molecule has 0 aromatic rings. The monoisotopic (exact) mass is 305 g/mol. The fraction of sp³-hybridized carbons (Fsp3) is 1.00. The van der Waals surface area contributed by atoms with Crippen molar-refractivity contribution >= 4 is 0 Å². The van der Waals surface area contributed by atoms with Gasteiger partial charge in [0.2, 0.25) is 0 Å². The summed E-state index contributed by atoms with van der Waals surface area (Å²) < 4.78 is 21.8. The molecule has 0 radical (unpaired) electrons. The van der Waals surface area contributed by atoms with Gasteiger partial charge in [-0.25, -0.2) is 0 Å². The first kappa shape index (κ1) is 20.8. The van der Waals surface area contributed by atoms with E-state index in [0.717, 1.165) is 25.9 Å². The summed E-state index contributed by atoms with van der Waals surface area (Å²) in [4.78, 5) is 0. The van der Waals surface area contributed by atoms with Crippen LogP contribution in [0, 0.1) is 0 Å². The van der Waals surface area contributed by atoms with Crippen LogP contribution in [0.3, 0.4) is 0 Å². The minimum absolute atomic E-state index is 0.194. The average Bonchev–Trinajstić information content (AvgIpc) is 2.51. The minimum Gasteiger partial charge on any atom is -0.379 e. The van der Waals surface area contributed by atoms with Gasteiger partial charge in [0.25, 0.3) is 0 Å². The molecule has 0 rings (SSSR count). The maximum atomic E-state index is 6.14. The topological polar surface area (TPSA) is 62.9 Å². The second kappa shape index (κ2) is 14.7. The van der Waals surface area contributed by atoms with Crippen molar-refractivity contribution in [3.8, 4) is 0 Å². The summed E-state index contributed by atoms with van der Waals surface area (Å²) in [5.41, 5.74) is 5.94. The molecule has 0 heterocycles. The van der Waals surface area contributed by atoms with Crippen LogP contribution in [-0.4, -0.2) is 58.4 Å². The van der Waals surface area contributed by atoms with E-state index < -0.39 is 0 Å². The predicted molar refractivity (Wildman–Crippen MR) is 85.7 cm³/mol. The van der Waals surface area contributed by atoms with E-state index in [0.29, 0.717) is 46.2 Å². The number of rotatable bonds is 16. The second-order valence-electron chi connectivity index (χ2n) is 5.31. The SMILES string of the molecule is CCCCOCCOCCOCCOCC(N)(CC)CC. The molecule has 0 aliphatic heterocycles. The normalized spacial score (nSPS) is 12.0. The minimum atomic E-state index is -0.194. The van der Waals surface area contributed by atoms with Gasteiger partial charge in [0.05, 0.1) is 46.2 Å². The number of unbranched alkanes of at least 4 members (excludes halogenated alkanes) is 1. The lowest BCUT2D eigenvalue weighted by atomic mass is 9.96. The highest BCUT2D eigenvalue weighted by atomic mass is 16.6. The van der Waals surface area contributed by atoms with Crippen LogP contribution < -0.4 is 5.73 Å². The Morgan fingerprint density at radius 1 is 0.667 bits per heavy atom. The van der Waals surface area contributed by atoms with Gasteiger partial charge in [-0.1, -0.05) is 27.2 Å². The predicted octanol–water partition coefficient (Wildman–Crippen LogP) is 2.37. The van der Waals surface area contributed by atoms with E-state index in [9.17, 15) is 0 Å². The van der Waals surface area contributed by atoms with Crippen molar-refractivity contribution in [2.75, 3.05) is 52.9 Å². The Morgan fingerprint density at radius 2 is 1.10 bits per heavy atom. The highest BCUT2D eigenvalue weighted by Gasteiger charge is 2.19. The molecule has 0 unspecified atom stereocenters. The van der Waals surface area contributed by atoms with Crippen molar-refractivity contribution in [3.63, 3.8) is 0 Å². The average molecular weight is 305 g/mol. The van der Waals surface area contributed by atoms with Crippen molar-refractivity contribution < 1.29 is 18.9 Å². The fourth-order valence-corrected chi connectivity index (χ4v) is 1.64. The third kappa shape index (κ3) is 13.2. The summed E-state index contributed by atoms with van der Waals surface area (Å²) in [6.07, 6.45) is 4.14. The van der Waals surface area contributed by atoms with Crippen LogP contribution >= 0.6 is 0 Å². The Morgan fingerprint density at radius 3 is 1.52 bits per heavy atom. The van der Waals surface area contributed by atoms with Gasteiger partial charge >= 0.3 is 0 Å². The lowest BCUT2D eigenvalue weighted by molar-refractivity contribution is -0.00864. The lowest BCUT2D eigenvalue weighted by Crippen LogP contribution is -2.43. The molecular weight excluding hydrogens is 270 g/mol. The van der Waals surface area contributed by atoms with Gasteiger partial charge in [-0.2, -0.15) is 0 Å². The van der Waals surface area contributed by atoms with E-state index in [-0.39, 0.29) is 5.54 Å². The Bertz CT molecular complexity index is 210. The molecule has 0 aromatic carbocycles. The molecule has 2 N–H and O–H groups in total. The molecule has 0 spiro atoms. The fourth-order valence-electron chi connectivity index (χ4n) is 1.64. The molecule has 21 heavy (non-hydrogen) atoms. The Hall–Kier alpha value is -0.200. The summed E-state index contributed by atoms with van der Waals surface area (Å²) in [7, 11) is 0. The number of nitrogens with two attached hydrogens (primary N) is 1. The van der Waals surface area contributed by atoms with Gasteiger partial charge in [-0.15, -0.1) is 0 Å². The van der Waals surface area contributed by atoms with Gasteiger partial charge in [0.15, 0.2) is 0 Å². The van der Waals surface area contributed by atoms with Gasteiger partial charge in [0.1, 0.15) is 0 Å². The van der Waals surface area contributed by atoms with Crippen LogP contribution in [0.5, 0.6) is 0 Å². The lowest BCUT2D eigenvalue weighted by Gasteiger charge is -2.26. The summed E-state index contributed by atoms with van der Waals surface area (Å²) in [5.74, 6) is 0. The molecule has 128 valence electrons. The smallest absolute Gasteiger partial charge is 0.0701 e. The Kier molecular flexibility index (Phi) is 14.6. The Labute approximate surface area is 130 Å². The Balaban J connectivity index is 3.16. The van der Waals surface area contributed by atoms with Gasteiger partial charge in [0, 0.05) is 12.1 Å². The third-order valence-electron chi connectivity index (χ3n) is 3.56. The van der Waals surface area contributed by atoms with E-state index in [1.807, 2.05) is 0 Å². The first-order valence-corrected chi connectivity index (χ1v) is 8.28. The first-order chi connectivity index (χ1) is 10.2. The molecule has 0 aliphatic rings. The van der Waals surface area contributed by atoms with Gasteiger partial charge in [-0.05, 0) is 19.3 Å². The third-order valence-corrected chi connectivity index (χ3v) is 3.56. The zero-order chi connectivity index (χ0) is 15.8. The van der Waals surface area contributed by atoms with Gasteiger partial charge < -0.3 is 24.7 Å². The molecule has 0 amide bonds. The summed E-state index contributed by atoms with van der Waals surface area (Å²) in [5, 5.41) is 0. The highest BCUT2D eigenvalue weighted by Crippen LogP contribution is 2.11. The number of hydrogen-bond donors (Lipinski definition) is 1. The van der Waals surface area contributed by atoms with Crippen LogP contribution in [0.25, 0.3) is 0 Å². The van der Waals surface area contributed by atoms with E-state index in [1.54, 1.807) is 0 Å². The largest absolute Gasteiger partial charge is 0.379 e. The van der Waals surface area contributed by atoms with E-state index in [1.165, 1.54) is 6.42 Å². The van der Waals surface area contributed by atoms with Crippen molar-refractivity contribution in [1.82, 2.24) is 0 Å². The van der Waals surface area contributed by atoms with Crippen LogP contribution in [0.1, 0.15) is 46.5 Å². The summed E-state index contributed by atoms with van der Waals surface area (Å²) >= 11 is 0. The number of ether oxygens (including phenoxy) is 4. The van der Waals surface area contributed by atoms with Crippen LogP contribution in [0.2, 0.25) is 0 Å². The molecular formula is C16H35NO4. The first-order valence-electron chi connectivity index (χ1n) is 8.28. The molecule has 0 aliphatic carbocycles. The van der Waals surface area contributed by atoms with Crippen molar-refractivity contribution in [1.29, 1.82) is 0 Å². The molecule has 0 bridgehead atoms. The second-order valence-corrected chi connectivity index (χ2v) is 5.31. The molecule has 0 aromatic heterocycles. The quantitative estimate of drug-likeness (QED) is 0.444. The maximum Gasteiger partial charge on any atom is 0.0701 e. The van der Waals surface area contributed by atoms with E-state index >= 15 is 0 Å². The molecule has 0 atom stereocenters. The van der Waals surface area contributed by atoms with Gasteiger partial charge in [-0.3, -0.25) is 0 Å². The zero-order valence-electron chi connectivity index (χ0n) is 14.2. The summed E-state index contributed by atoms with van der Waals surface area (Å²) in [6, 6.07) is 0. The highest BCUT2D eigenvalue weighted by molar-refractivity contribution is 4.80. The molecule has 5 nitrogen and oxygen atoms in total. The standard InChI is InChI=1S/C16H35NO4/c1-4-7-8-18-9-10-19-11-12-20-13-14-21-15-16(17,5-2)6-3/h4-15,17H2,1-3H3. The molecule has 0 saturated carbocycles. The number of hydrogen-bond acceptors (Lipinski definition) is 5. The van der Waals surface area contributed by atoms with E-state index in [4.69, 9.17) is 24.7 Å². The molecule has 5 heteroatoms. The van der Waals surface area contributed by atoms with Crippen LogP contribution in [0.15, 0.2) is 0 Å². The zero-order valence-corrected chi connectivity index (χ0v) is 14.2.